The van der Waals surface area contributed by atoms with Crippen LogP contribution in [0.4, 0.5) is 0 Å². The molecular formula is C15H15BrClN3S. The van der Waals surface area contributed by atoms with E-state index < -0.39 is 0 Å². The zero-order valence-electron chi connectivity index (χ0n) is 11.5. The number of nitrogens with zero attached hydrogens (tertiary/aromatic N) is 2. The lowest BCUT2D eigenvalue weighted by Gasteiger charge is -2.18. The Morgan fingerprint density at radius 2 is 2.33 bits per heavy atom. The molecule has 1 unspecified atom stereocenters. The fourth-order valence-electron chi connectivity index (χ4n) is 2.37. The molecule has 0 fully saturated rings. The van der Waals surface area contributed by atoms with E-state index in [0.29, 0.717) is 0 Å². The predicted octanol–water partition coefficient (Wildman–Crippen LogP) is 4.71. The van der Waals surface area contributed by atoms with Crippen molar-refractivity contribution in [3.63, 3.8) is 0 Å². The van der Waals surface area contributed by atoms with Crippen LogP contribution in [0, 0.1) is 0 Å². The first-order chi connectivity index (χ1) is 10.2. The third-order valence-corrected chi connectivity index (χ3v) is 5.34. The number of halogens is 2. The summed E-state index contributed by atoms with van der Waals surface area (Å²) in [6.45, 7) is 3.02. The number of hydrogen-bond acceptors (Lipinski definition) is 3. The van der Waals surface area contributed by atoms with Crippen molar-refractivity contribution in [2.75, 3.05) is 6.54 Å². The molecule has 0 bridgehead atoms. The summed E-state index contributed by atoms with van der Waals surface area (Å²) in [6, 6.07) is 6.30. The van der Waals surface area contributed by atoms with Crippen LogP contribution in [-0.2, 0) is 6.42 Å². The minimum absolute atomic E-state index is 0.230. The Balaban J connectivity index is 1.86. The van der Waals surface area contributed by atoms with E-state index in [4.69, 9.17) is 11.6 Å². The van der Waals surface area contributed by atoms with Crippen LogP contribution in [0.15, 0.2) is 40.4 Å². The SMILES string of the molecule is CCNC(Cc1cn2ccsc2n1)c1ccc(Cl)c(Br)c1. The average Bonchev–Trinajstić information content (AvgIpc) is 3.02. The summed E-state index contributed by atoms with van der Waals surface area (Å²) in [6.07, 6.45) is 5.00. The summed E-state index contributed by atoms with van der Waals surface area (Å²) in [7, 11) is 0. The number of nitrogens with one attached hydrogen (secondary N) is 1. The van der Waals surface area contributed by atoms with Gasteiger partial charge in [-0.1, -0.05) is 24.6 Å². The second kappa shape index (κ2) is 6.48. The number of thiazole rings is 1. The Morgan fingerprint density at radius 1 is 1.48 bits per heavy atom. The number of fused-ring (bicyclic) bond motifs is 1. The predicted molar refractivity (Wildman–Crippen MR) is 92.3 cm³/mol. The number of imidazole rings is 1. The lowest BCUT2D eigenvalue weighted by atomic mass is 10.0. The van der Waals surface area contributed by atoms with Crippen molar-refractivity contribution < 1.29 is 0 Å². The zero-order valence-corrected chi connectivity index (χ0v) is 14.7. The third kappa shape index (κ3) is 3.31. The van der Waals surface area contributed by atoms with Gasteiger partial charge in [0.05, 0.1) is 10.7 Å². The quantitative estimate of drug-likeness (QED) is 0.690. The fraction of sp³-hybridized carbons (Fsp3) is 0.267. The second-order valence-electron chi connectivity index (χ2n) is 4.81. The van der Waals surface area contributed by atoms with Gasteiger partial charge in [-0.15, -0.1) is 11.3 Å². The molecule has 0 amide bonds. The Bertz CT molecular complexity index is 724. The maximum Gasteiger partial charge on any atom is 0.193 e. The highest BCUT2D eigenvalue weighted by atomic mass is 79.9. The van der Waals surface area contributed by atoms with E-state index in [1.807, 2.05) is 17.6 Å². The molecule has 3 nitrogen and oxygen atoms in total. The maximum atomic E-state index is 6.08. The molecule has 1 N–H and O–H groups in total. The van der Waals surface area contributed by atoms with Crippen LogP contribution in [0.2, 0.25) is 5.02 Å². The summed E-state index contributed by atoms with van der Waals surface area (Å²) in [5, 5.41) is 6.30. The van der Waals surface area contributed by atoms with Gasteiger partial charge in [0.15, 0.2) is 4.96 Å². The number of likely N-dealkylation sites (N-methyl/N-ethyl adjacent to an activating group) is 1. The monoisotopic (exact) mass is 383 g/mol. The van der Waals surface area contributed by atoms with E-state index in [1.165, 1.54) is 5.56 Å². The van der Waals surface area contributed by atoms with Crippen LogP contribution in [0.25, 0.3) is 4.96 Å². The van der Waals surface area contributed by atoms with Crippen LogP contribution in [0.3, 0.4) is 0 Å². The second-order valence-corrected chi connectivity index (χ2v) is 6.95. The summed E-state index contributed by atoms with van der Waals surface area (Å²) in [5.74, 6) is 0. The molecule has 1 atom stereocenters. The number of hydrogen-bond donors (Lipinski definition) is 1. The zero-order chi connectivity index (χ0) is 14.8. The highest BCUT2D eigenvalue weighted by molar-refractivity contribution is 9.10. The normalized spacial score (nSPS) is 12.9. The first kappa shape index (κ1) is 15.0. The molecule has 3 aromatic rings. The van der Waals surface area contributed by atoms with Gasteiger partial charge in [0.25, 0.3) is 0 Å². The number of aromatic nitrogens is 2. The van der Waals surface area contributed by atoms with Crippen LogP contribution < -0.4 is 5.32 Å². The molecule has 110 valence electrons. The summed E-state index contributed by atoms with van der Waals surface area (Å²) < 4.78 is 3.00. The Kier molecular flexibility index (Phi) is 4.64. The number of benzene rings is 1. The Morgan fingerprint density at radius 3 is 3.05 bits per heavy atom. The molecular weight excluding hydrogens is 370 g/mol. The fourth-order valence-corrected chi connectivity index (χ4v) is 3.60. The van der Waals surface area contributed by atoms with Gasteiger partial charge in [0.2, 0.25) is 0 Å². The molecule has 0 aliphatic heterocycles. The van der Waals surface area contributed by atoms with E-state index in [0.717, 1.165) is 33.1 Å². The molecule has 0 saturated heterocycles. The molecule has 6 heteroatoms. The van der Waals surface area contributed by atoms with Gasteiger partial charge in [-0.3, -0.25) is 4.40 Å². The molecule has 2 heterocycles. The van der Waals surface area contributed by atoms with Crippen molar-refractivity contribution in [1.82, 2.24) is 14.7 Å². The average molecular weight is 385 g/mol. The first-order valence-electron chi connectivity index (χ1n) is 6.76. The molecule has 21 heavy (non-hydrogen) atoms. The highest BCUT2D eigenvalue weighted by Gasteiger charge is 2.15. The van der Waals surface area contributed by atoms with Crippen LogP contribution in [0.5, 0.6) is 0 Å². The molecule has 0 spiro atoms. The van der Waals surface area contributed by atoms with Crippen molar-refractivity contribution in [1.29, 1.82) is 0 Å². The van der Waals surface area contributed by atoms with E-state index >= 15 is 0 Å². The summed E-state index contributed by atoms with van der Waals surface area (Å²) in [4.78, 5) is 5.70. The van der Waals surface area contributed by atoms with E-state index in [9.17, 15) is 0 Å². The molecule has 0 radical (unpaired) electrons. The van der Waals surface area contributed by atoms with Gasteiger partial charge in [0.1, 0.15) is 0 Å². The summed E-state index contributed by atoms with van der Waals surface area (Å²) in [5.41, 5.74) is 2.31. The van der Waals surface area contributed by atoms with Gasteiger partial charge < -0.3 is 5.32 Å². The van der Waals surface area contributed by atoms with Crippen LogP contribution in [0.1, 0.15) is 24.2 Å². The smallest absolute Gasteiger partial charge is 0.193 e. The van der Waals surface area contributed by atoms with Crippen LogP contribution in [-0.4, -0.2) is 15.9 Å². The summed E-state index contributed by atoms with van der Waals surface area (Å²) >= 11 is 11.2. The van der Waals surface area contributed by atoms with Crippen LogP contribution >= 0.6 is 38.9 Å². The lowest BCUT2D eigenvalue weighted by Crippen LogP contribution is -2.23. The van der Waals surface area contributed by atoms with Crippen molar-refractivity contribution in [3.8, 4) is 0 Å². The molecule has 1 aromatic carbocycles. The standard InChI is InChI=1S/C15H15BrClN3S/c1-2-18-14(10-3-4-13(17)12(16)7-10)8-11-9-20-5-6-21-15(20)19-11/h3-7,9,14,18H,2,8H2,1H3. The van der Waals surface area contributed by atoms with Crippen molar-refractivity contribution in [3.05, 3.63) is 56.7 Å². The Hall–Kier alpha value is -0.880. The molecule has 3 rings (SSSR count). The van der Waals surface area contributed by atoms with Gasteiger partial charge >= 0.3 is 0 Å². The molecule has 0 aliphatic carbocycles. The van der Waals surface area contributed by atoms with Crippen molar-refractivity contribution in [2.45, 2.75) is 19.4 Å². The van der Waals surface area contributed by atoms with Gasteiger partial charge in [-0.2, -0.15) is 0 Å². The van der Waals surface area contributed by atoms with Gasteiger partial charge in [0, 0.05) is 34.7 Å². The lowest BCUT2D eigenvalue weighted by molar-refractivity contribution is 0.545. The highest BCUT2D eigenvalue weighted by Crippen LogP contribution is 2.27. The van der Waals surface area contributed by atoms with Gasteiger partial charge in [-0.05, 0) is 40.2 Å². The number of rotatable bonds is 5. The van der Waals surface area contributed by atoms with E-state index in [-0.39, 0.29) is 6.04 Å². The van der Waals surface area contributed by atoms with Gasteiger partial charge in [-0.25, -0.2) is 4.98 Å². The van der Waals surface area contributed by atoms with Crippen molar-refractivity contribution >= 4 is 43.8 Å². The topological polar surface area (TPSA) is 29.3 Å². The first-order valence-corrected chi connectivity index (χ1v) is 8.82. The maximum absolute atomic E-state index is 6.08. The Labute approximate surface area is 141 Å². The molecule has 0 saturated carbocycles. The molecule has 0 aliphatic rings. The third-order valence-electron chi connectivity index (χ3n) is 3.35. The minimum atomic E-state index is 0.230. The largest absolute Gasteiger partial charge is 0.310 e. The molecule has 2 aromatic heterocycles. The van der Waals surface area contributed by atoms with E-state index in [2.05, 4.69) is 55.9 Å². The van der Waals surface area contributed by atoms with Crippen molar-refractivity contribution in [2.24, 2.45) is 0 Å². The minimum Gasteiger partial charge on any atom is -0.310 e. The van der Waals surface area contributed by atoms with E-state index in [1.54, 1.807) is 11.3 Å².